The molecule has 178 valence electrons. The van der Waals surface area contributed by atoms with Crippen LogP contribution >= 0.6 is 0 Å². The predicted molar refractivity (Wildman–Crippen MR) is 142 cm³/mol. The van der Waals surface area contributed by atoms with E-state index in [1.807, 2.05) is 72.9 Å². The quantitative estimate of drug-likeness (QED) is 0.282. The van der Waals surface area contributed by atoms with Gasteiger partial charge in [0, 0.05) is 18.8 Å². The molecule has 2 aromatic carbocycles. The predicted octanol–water partition coefficient (Wildman–Crippen LogP) is 6.78. The Balaban J connectivity index is 2.01. The smallest absolute Gasteiger partial charge is 0.253 e. The normalized spacial score (nSPS) is 15.2. The Kier molecular flexibility index (Phi) is 9.93. The molecule has 1 heterocycles. The largest absolute Gasteiger partial charge is 0.493 e. The number of rotatable bonds is 12. The van der Waals surface area contributed by atoms with Crippen molar-refractivity contribution >= 4 is 22.3 Å². The van der Waals surface area contributed by atoms with Crippen molar-refractivity contribution < 1.29 is 14.3 Å². The fourth-order valence-corrected chi connectivity index (χ4v) is 4.28. The first-order valence-corrected chi connectivity index (χ1v) is 12.0. The van der Waals surface area contributed by atoms with Gasteiger partial charge < -0.3 is 15.2 Å². The third kappa shape index (κ3) is 6.82. The van der Waals surface area contributed by atoms with E-state index in [0.29, 0.717) is 30.3 Å². The third-order valence-corrected chi connectivity index (χ3v) is 6.03. The maximum Gasteiger partial charge on any atom is 0.253 e. The Morgan fingerprint density at radius 3 is 2.62 bits per heavy atom. The fraction of sp³-hybridized carbons (Fsp3) is 0.300. The van der Waals surface area contributed by atoms with Gasteiger partial charge >= 0.3 is 0 Å². The van der Waals surface area contributed by atoms with Gasteiger partial charge in [-0.2, -0.15) is 0 Å². The van der Waals surface area contributed by atoms with Crippen LogP contribution in [0.1, 0.15) is 48.0 Å². The summed E-state index contributed by atoms with van der Waals surface area (Å²) in [6.45, 7) is 9.80. The Labute approximate surface area is 203 Å². The first-order chi connectivity index (χ1) is 16.7. The first kappa shape index (κ1) is 25.3. The molecule has 1 aliphatic rings. The van der Waals surface area contributed by atoms with Crippen LogP contribution in [0.15, 0.2) is 86.0 Å². The van der Waals surface area contributed by atoms with Crippen LogP contribution in [0.25, 0.3) is 16.3 Å². The number of ether oxygens (including phenoxy) is 2. The minimum absolute atomic E-state index is 0.425. The number of carbonyl (C=O) groups is 1. The lowest BCUT2D eigenvalue weighted by Crippen LogP contribution is -2.19. The Bertz CT molecular complexity index is 1090. The summed E-state index contributed by atoms with van der Waals surface area (Å²) < 4.78 is 11.7. The second-order valence-corrected chi connectivity index (χ2v) is 8.43. The summed E-state index contributed by atoms with van der Waals surface area (Å²) in [6.07, 6.45) is 18.1. The maximum atomic E-state index is 12.7. The molecule has 0 saturated carbocycles. The molecule has 2 aromatic rings. The van der Waals surface area contributed by atoms with Crippen molar-refractivity contribution in [1.82, 2.24) is 0 Å². The molecular weight excluding hydrogens is 422 g/mol. The van der Waals surface area contributed by atoms with Gasteiger partial charge in [0.2, 0.25) is 0 Å². The highest BCUT2D eigenvalue weighted by Gasteiger charge is 2.22. The maximum absolute atomic E-state index is 12.7. The van der Waals surface area contributed by atoms with Crippen LogP contribution in [-0.4, -0.2) is 25.7 Å². The van der Waals surface area contributed by atoms with Crippen LogP contribution < -0.4 is 10.5 Å². The van der Waals surface area contributed by atoms with Crippen LogP contribution in [0.3, 0.4) is 0 Å². The monoisotopic (exact) mass is 457 g/mol. The van der Waals surface area contributed by atoms with E-state index in [1.165, 1.54) is 0 Å². The van der Waals surface area contributed by atoms with Crippen LogP contribution in [-0.2, 0) is 4.74 Å². The average molecular weight is 458 g/mol. The van der Waals surface area contributed by atoms with Crippen LogP contribution in [0.5, 0.6) is 5.75 Å². The number of amides is 1. The first-order valence-electron chi connectivity index (χ1n) is 12.0. The number of nitrogens with two attached hydrogens (primary N) is 1. The second kappa shape index (κ2) is 13.4. The number of carbonyl (C=O) groups excluding carboxylic acids is 1. The lowest BCUT2D eigenvalue weighted by molar-refractivity contribution is 0.0593. The number of hydrogen-bond donors (Lipinski definition) is 1. The molecule has 1 aliphatic heterocycles. The summed E-state index contributed by atoms with van der Waals surface area (Å²) in [4.78, 5) is 12.7. The minimum atomic E-state index is -0.494. The molecule has 0 bridgehead atoms. The zero-order valence-corrected chi connectivity index (χ0v) is 19.9. The Morgan fingerprint density at radius 2 is 1.88 bits per heavy atom. The lowest BCUT2D eigenvalue weighted by Gasteiger charge is -2.23. The van der Waals surface area contributed by atoms with Gasteiger partial charge in [-0.3, -0.25) is 4.79 Å². The van der Waals surface area contributed by atoms with E-state index in [4.69, 9.17) is 15.2 Å². The van der Waals surface area contributed by atoms with E-state index in [0.717, 1.165) is 60.8 Å². The number of fused-ring (bicyclic) bond motifs is 1. The Hall–Kier alpha value is -3.37. The minimum Gasteiger partial charge on any atom is -0.493 e. The summed E-state index contributed by atoms with van der Waals surface area (Å²) >= 11 is 0. The van der Waals surface area contributed by atoms with E-state index >= 15 is 0 Å². The second-order valence-electron chi connectivity index (χ2n) is 8.43. The van der Waals surface area contributed by atoms with Crippen molar-refractivity contribution in [3.8, 4) is 5.75 Å². The highest BCUT2D eigenvalue weighted by atomic mass is 16.5. The molecule has 1 saturated heterocycles. The van der Waals surface area contributed by atoms with Gasteiger partial charge in [-0.05, 0) is 60.4 Å². The van der Waals surface area contributed by atoms with Crippen molar-refractivity contribution in [2.75, 3.05) is 19.8 Å². The number of primary amides is 1. The van der Waals surface area contributed by atoms with Gasteiger partial charge in [0.25, 0.3) is 5.91 Å². The summed E-state index contributed by atoms with van der Waals surface area (Å²) in [7, 11) is 0. The van der Waals surface area contributed by atoms with E-state index in [2.05, 4.69) is 13.2 Å². The standard InChI is InChI=1S/C30H35NO3/c1-3-5-6-7-8-9-13-24(12-4-2)28-26-15-11-10-14-25(26)22-27(29(28)30(31)32)34-21-18-23-16-19-33-20-17-23/h3-4,6-11,13-15,22-23H,1-2,5,12,16-21H2,(H2,31,32)/b7-6+,9-8+,24-13-. The highest BCUT2D eigenvalue weighted by Crippen LogP contribution is 2.37. The van der Waals surface area contributed by atoms with E-state index < -0.39 is 5.91 Å². The fourth-order valence-electron chi connectivity index (χ4n) is 4.28. The molecule has 4 nitrogen and oxygen atoms in total. The molecule has 0 radical (unpaired) electrons. The molecule has 0 aliphatic carbocycles. The van der Waals surface area contributed by atoms with Gasteiger partial charge in [-0.15, -0.1) is 13.2 Å². The molecule has 1 fully saturated rings. The van der Waals surface area contributed by atoms with Crippen LogP contribution in [0, 0.1) is 5.92 Å². The van der Waals surface area contributed by atoms with Crippen LogP contribution in [0.2, 0.25) is 0 Å². The van der Waals surface area contributed by atoms with Crippen molar-refractivity contribution in [2.45, 2.75) is 32.1 Å². The molecule has 1 amide bonds. The van der Waals surface area contributed by atoms with E-state index in [9.17, 15) is 4.79 Å². The summed E-state index contributed by atoms with van der Waals surface area (Å²) in [6, 6.07) is 9.95. The van der Waals surface area contributed by atoms with Gasteiger partial charge in [0.05, 0.1) is 12.2 Å². The van der Waals surface area contributed by atoms with Crippen molar-refractivity contribution in [3.05, 3.63) is 97.1 Å². The van der Waals surface area contributed by atoms with Gasteiger partial charge in [-0.1, -0.05) is 66.8 Å². The molecule has 0 atom stereocenters. The van der Waals surface area contributed by atoms with E-state index in [-0.39, 0.29) is 0 Å². The van der Waals surface area contributed by atoms with Crippen molar-refractivity contribution in [3.63, 3.8) is 0 Å². The van der Waals surface area contributed by atoms with Crippen molar-refractivity contribution in [1.29, 1.82) is 0 Å². The molecule has 2 N–H and O–H groups in total. The number of benzene rings is 2. The highest BCUT2D eigenvalue weighted by molar-refractivity contribution is 6.09. The SMILES string of the molecule is C=CC/C=C/C=C/C=C(/CC=C)c1c(C(N)=O)c(OCCC2CCOCC2)cc2ccccc12. The van der Waals surface area contributed by atoms with Gasteiger partial charge in [-0.25, -0.2) is 0 Å². The van der Waals surface area contributed by atoms with Gasteiger partial charge in [0.15, 0.2) is 0 Å². The number of allylic oxidation sites excluding steroid dienone is 8. The summed E-state index contributed by atoms with van der Waals surface area (Å²) in [5.41, 5.74) is 8.14. The zero-order valence-electron chi connectivity index (χ0n) is 19.9. The molecule has 0 unspecified atom stereocenters. The van der Waals surface area contributed by atoms with E-state index in [1.54, 1.807) is 0 Å². The zero-order chi connectivity index (χ0) is 24.2. The lowest BCUT2D eigenvalue weighted by atomic mass is 9.90. The van der Waals surface area contributed by atoms with Gasteiger partial charge in [0.1, 0.15) is 5.75 Å². The number of hydrogen-bond acceptors (Lipinski definition) is 3. The molecular formula is C30H35NO3. The summed E-state index contributed by atoms with van der Waals surface area (Å²) in [5, 5.41) is 1.98. The summed E-state index contributed by atoms with van der Waals surface area (Å²) in [5.74, 6) is 0.630. The van der Waals surface area contributed by atoms with Crippen molar-refractivity contribution in [2.24, 2.45) is 11.7 Å². The third-order valence-electron chi connectivity index (χ3n) is 6.03. The molecule has 4 heteroatoms. The molecule has 34 heavy (non-hydrogen) atoms. The average Bonchev–Trinajstić information content (AvgIpc) is 2.85. The molecule has 3 rings (SSSR count). The topological polar surface area (TPSA) is 61.6 Å². The molecule has 0 spiro atoms. The Morgan fingerprint density at radius 1 is 1.09 bits per heavy atom. The molecule has 0 aromatic heterocycles. The van der Waals surface area contributed by atoms with Crippen LogP contribution in [0.4, 0.5) is 0 Å².